The SMILES string of the molecule is Cc1nc(NC2CC(=O)N(C)C2=O)sc1C(=O)O. The maximum atomic E-state index is 11.6. The fourth-order valence-electron chi connectivity index (χ4n) is 1.67. The lowest BCUT2D eigenvalue weighted by Gasteiger charge is -2.09. The molecular weight excluding hydrogens is 258 g/mol. The summed E-state index contributed by atoms with van der Waals surface area (Å²) in [5, 5.41) is 12.0. The zero-order valence-electron chi connectivity index (χ0n) is 9.76. The minimum Gasteiger partial charge on any atom is -0.477 e. The molecule has 0 radical (unpaired) electrons. The first-order valence-corrected chi connectivity index (χ1v) is 5.99. The van der Waals surface area contributed by atoms with E-state index < -0.39 is 12.0 Å². The van der Waals surface area contributed by atoms with Crippen LogP contribution in [0.15, 0.2) is 0 Å². The van der Waals surface area contributed by atoms with Gasteiger partial charge in [0.05, 0.1) is 12.1 Å². The molecule has 96 valence electrons. The fraction of sp³-hybridized carbons (Fsp3) is 0.400. The van der Waals surface area contributed by atoms with Crippen LogP contribution in [0.3, 0.4) is 0 Å². The minimum atomic E-state index is -1.05. The molecule has 1 aliphatic heterocycles. The number of likely N-dealkylation sites (tertiary alicyclic amines) is 1. The lowest BCUT2D eigenvalue weighted by molar-refractivity contribution is -0.136. The Balaban J connectivity index is 2.16. The summed E-state index contributed by atoms with van der Waals surface area (Å²) >= 11 is 0.955. The molecule has 2 amide bonds. The second-order valence-corrected chi connectivity index (χ2v) is 4.93. The largest absolute Gasteiger partial charge is 0.477 e. The predicted octanol–water partition coefficient (Wildman–Crippen LogP) is 0.319. The van der Waals surface area contributed by atoms with E-state index in [1.165, 1.54) is 7.05 Å². The van der Waals surface area contributed by atoms with Crippen LogP contribution in [0, 0.1) is 6.92 Å². The van der Waals surface area contributed by atoms with Crippen LogP contribution in [-0.4, -0.2) is 45.9 Å². The van der Waals surface area contributed by atoms with Gasteiger partial charge in [-0.15, -0.1) is 0 Å². The third kappa shape index (κ3) is 2.06. The van der Waals surface area contributed by atoms with Crippen molar-refractivity contribution in [3.63, 3.8) is 0 Å². The van der Waals surface area contributed by atoms with Gasteiger partial charge in [0.1, 0.15) is 10.9 Å². The molecular formula is C10H11N3O4S. The number of aromatic carboxylic acids is 1. The Morgan fingerprint density at radius 2 is 2.22 bits per heavy atom. The number of nitrogens with one attached hydrogen (secondary N) is 1. The number of aryl methyl sites for hydroxylation is 1. The molecule has 0 bridgehead atoms. The van der Waals surface area contributed by atoms with Gasteiger partial charge in [-0.3, -0.25) is 14.5 Å². The molecule has 1 aromatic rings. The van der Waals surface area contributed by atoms with E-state index in [1.807, 2.05) is 0 Å². The highest BCUT2D eigenvalue weighted by Gasteiger charge is 2.36. The first-order valence-electron chi connectivity index (χ1n) is 5.18. The van der Waals surface area contributed by atoms with Crippen LogP contribution in [0.2, 0.25) is 0 Å². The van der Waals surface area contributed by atoms with Crippen LogP contribution in [0.1, 0.15) is 21.8 Å². The van der Waals surface area contributed by atoms with Crippen LogP contribution in [0.4, 0.5) is 5.13 Å². The lowest BCUT2D eigenvalue weighted by atomic mass is 10.2. The van der Waals surface area contributed by atoms with Crippen molar-refractivity contribution in [2.24, 2.45) is 0 Å². The summed E-state index contributed by atoms with van der Waals surface area (Å²) in [5.74, 6) is -1.64. The number of amides is 2. The number of aromatic nitrogens is 1. The Hall–Kier alpha value is -1.96. The number of nitrogens with zero attached hydrogens (tertiary/aromatic N) is 2. The summed E-state index contributed by atoms with van der Waals surface area (Å²) in [7, 11) is 1.42. The first kappa shape index (κ1) is 12.5. The molecule has 0 spiro atoms. The molecule has 2 N–H and O–H groups in total. The van der Waals surface area contributed by atoms with Gasteiger partial charge in [-0.25, -0.2) is 9.78 Å². The van der Waals surface area contributed by atoms with Crippen molar-refractivity contribution >= 4 is 34.3 Å². The number of rotatable bonds is 3. The fourth-order valence-corrected chi connectivity index (χ4v) is 2.53. The number of likely N-dealkylation sites (N-methyl/N-ethyl adjacent to an activating group) is 1. The Morgan fingerprint density at radius 3 is 2.67 bits per heavy atom. The van der Waals surface area contributed by atoms with Crippen molar-refractivity contribution in [3.8, 4) is 0 Å². The zero-order chi connectivity index (χ0) is 13.4. The molecule has 0 aromatic carbocycles. The minimum absolute atomic E-state index is 0.0658. The summed E-state index contributed by atoms with van der Waals surface area (Å²) in [6.07, 6.45) is 0.0658. The number of carbonyl (C=O) groups is 3. The second kappa shape index (κ2) is 4.37. The number of carbonyl (C=O) groups excluding carboxylic acids is 2. The average Bonchev–Trinajstić information content (AvgIpc) is 2.76. The molecule has 1 saturated heterocycles. The Morgan fingerprint density at radius 1 is 1.56 bits per heavy atom. The second-order valence-electron chi connectivity index (χ2n) is 3.93. The number of hydrogen-bond acceptors (Lipinski definition) is 6. The summed E-state index contributed by atoms with van der Waals surface area (Å²) in [5.41, 5.74) is 0.389. The van der Waals surface area contributed by atoms with Crippen molar-refractivity contribution in [3.05, 3.63) is 10.6 Å². The number of thiazole rings is 1. The van der Waals surface area contributed by atoms with E-state index in [0.717, 1.165) is 16.2 Å². The standard InChI is InChI=1S/C10H11N3O4S/c1-4-7(9(16)17)18-10(11-4)12-5-3-6(14)13(2)8(5)15/h5H,3H2,1-2H3,(H,11,12)(H,16,17). The van der Waals surface area contributed by atoms with E-state index in [-0.39, 0.29) is 23.1 Å². The third-order valence-electron chi connectivity index (χ3n) is 2.67. The number of imide groups is 1. The molecule has 2 rings (SSSR count). The summed E-state index contributed by atoms with van der Waals surface area (Å²) in [6, 6.07) is -0.658. The summed E-state index contributed by atoms with van der Waals surface area (Å²) < 4.78 is 0. The van der Waals surface area contributed by atoms with Crippen LogP contribution in [0.5, 0.6) is 0 Å². The zero-order valence-corrected chi connectivity index (χ0v) is 10.6. The van der Waals surface area contributed by atoms with Crippen molar-refractivity contribution in [2.45, 2.75) is 19.4 Å². The molecule has 18 heavy (non-hydrogen) atoms. The van der Waals surface area contributed by atoms with E-state index in [4.69, 9.17) is 5.11 Å². The van der Waals surface area contributed by atoms with Gasteiger partial charge in [-0.1, -0.05) is 11.3 Å². The highest BCUT2D eigenvalue weighted by atomic mass is 32.1. The molecule has 1 atom stereocenters. The molecule has 1 unspecified atom stereocenters. The normalized spacial score (nSPS) is 19.4. The summed E-state index contributed by atoms with van der Waals surface area (Å²) in [6.45, 7) is 1.58. The van der Waals surface area contributed by atoms with E-state index in [1.54, 1.807) is 6.92 Å². The van der Waals surface area contributed by atoms with Crippen LogP contribution >= 0.6 is 11.3 Å². The monoisotopic (exact) mass is 269 g/mol. The average molecular weight is 269 g/mol. The van der Waals surface area contributed by atoms with Crippen LogP contribution < -0.4 is 5.32 Å². The van der Waals surface area contributed by atoms with Gasteiger partial charge < -0.3 is 10.4 Å². The maximum absolute atomic E-state index is 11.6. The van der Waals surface area contributed by atoms with Crippen molar-refractivity contribution in [2.75, 3.05) is 12.4 Å². The highest BCUT2D eigenvalue weighted by molar-refractivity contribution is 7.17. The molecule has 2 heterocycles. The van der Waals surface area contributed by atoms with E-state index >= 15 is 0 Å². The van der Waals surface area contributed by atoms with Crippen LogP contribution in [-0.2, 0) is 9.59 Å². The maximum Gasteiger partial charge on any atom is 0.347 e. The van der Waals surface area contributed by atoms with Crippen molar-refractivity contribution in [1.29, 1.82) is 0 Å². The molecule has 7 nitrogen and oxygen atoms in total. The van der Waals surface area contributed by atoms with Crippen molar-refractivity contribution < 1.29 is 19.5 Å². The highest BCUT2D eigenvalue weighted by Crippen LogP contribution is 2.25. The van der Waals surface area contributed by atoms with Crippen molar-refractivity contribution in [1.82, 2.24) is 9.88 Å². The topological polar surface area (TPSA) is 99.6 Å². The van der Waals surface area contributed by atoms with Gasteiger partial charge in [0, 0.05) is 7.05 Å². The molecule has 1 fully saturated rings. The van der Waals surface area contributed by atoms with E-state index in [2.05, 4.69) is 10.3 Å². The van der Waals surface area contributed by atoms with E-state index in [9.17, 15) is 14.4 Å². The van der Waals surface area contributed by atoms with Gasteiger partial charge in [0.15, 0.2) is 5.13 Å². The van der Waals surface area contributed by atoms with Gasteiger partial charge in [-0.2, -0.15) is 0 Å². The summed E-state index contributed by atoms with van der Waals surface area (Å²) in [4.78, 5) is 39.0. The molecule has 1 aliphatic rings. The number of carboxylic acids is 1. The lowest BCUT2D eigenvalue weighted by Crippen LogP contribution is -2.31. The molecule has 0 aliphatic carbocycles. The Bertz CT molecular complexity index is 539. The third-order valence-corrected chi connectivity index (χ3v) is 3.75. The smallest absolute Gasteiger partial charge is 0.347 e. The molecule has 1 aromatic heterocycles. The quantitative estimate of drug-likeness (QED) is 0.766. The van der Waals surface area contributed by atoms with E-state index in [0.29, 0.717) is 10.8 Å². The Kier molecular flexibility index (Phi) is 3.04. The molecule has 8 heteroatoms. The van der Waals surface area contributed by atoms with Crippen LogP contribution in [0.25, 0.3) is 0 Å². The number of carboxylic acid groups (broad SMARTS) is 1. The number of anilines is 1. The number of hydrogen-bond donors (Lipinski definition) is 2. The van der Waals surface area contributed by atoms with Gasteiger partial charge in [0.2, 0.25) is 5.91 Å². The first-order chi connectivity index (χ1) is 8.40. The van der Waals surface area contributed by atoms with Gasteiger partial charge >= 0.3 is 5.97 Å². The molecule has 0 saturated carbocycles. The predicted molar refractivity (Wildman–Crippen MR) is 63.6 cm³/mol. The van der Waals surface area contributed by atoms with Gasteiger partial charge in [0.25, 0.3) is 5.91 Å². The Labute approximate surface area is 106 Å². The van der Waals surface area contributed by atoms with Gasteiger partial charge in [-0.05, 0) is 6.92 Å².